The highest BCUT2D eigenvalue weighted by molar-refractivity contribution is 4.69. The highest BCUT2D eigenvalue weighted by Crippen LogP contribution is 2.01. The summed E-state index contributed by atoms with van der Waals surface area (Å²) in [6.45, 7) is 8.68. The Morgan fingerprint density at radius 1 is 1.33 bits per heavy atom. The Morgan fingerprint density at radius 3 is 2.60 bits per heavy atom. The average molecular weight is 216 g/mol. The number of nitrogens with one attached hydrogen (secondary N) is 1. The summed E-state index contributed by atoms with van der Waals surface area (Å²) in [5, 5.41) is 3.48. The molecule has 1 N–H and O–H groups in total. The number of likely N-dealkylation sites (N-methyl/N-ethyl adjacent to an activating group) is 1. The molecule has 0 saturated carbocycles. The summed E-state index contributed by atoms with van der Waals surface area (Å²) >= 11 is 0. The molecule has 0 aromatic carbocycles. The van der Waals surface area contributed by atoms with Gasteiger partial charge in [0.05, 0.1) is 0 Å². The Morgan fingerprint density at radius 2 is 2.07 bits per heavy atom. The lowest BCUT2D eigenvalue weighted by atomic mass is 10.2. The average Bonchev–Trinajstić information content (AvgIpc) is 2.24. The fourth-order valence-corrected chi connectivity index (χ4v) is 1.70. The molecule has 3 nitrogen and oxygen atoms in total. The molecule has 0 amide bonds. The van der Waals surface area contributed by atoms with Crippen molar-refractivity contribution in [3.05, 3.63) is 0 Å². The van der Waals surface area contributed by atoms with Gasteiger partial charge in [-0.05, 0) is 32.9 Å². The van der Waals surface area contributed by atoms with Crippen LogP contribution in [0.25, 0.3) is 0 Å². The number of hydrogen-bond donors (Lipinski definition) is 1. The quantitative estimate of drug-likeness (QED) is 0.563. The first-order valence-corrected chi connectivity index (χ1v) is 6.16. The molecule has 0 bridgehead atoms. The van der Waals surface area contributed by atoms with Crippen LogP contribution in [0.15, 0.2) is 0 Å². The summed E-state index contributed by atoms with van der Waals surface area (Å²) in [6, 6.07) is 0.661. The van der Waals surface area contributed by atoms with E-state index in [0.717, 1.165) is 32.7 Å². The molecule has 0 aromatic heterocycles. The van der Waals surface area contributed by atoms with E-state index in [1.807, 2.05) is 0 Å². The zero-order valence-corrected chi connectivity index (χ0v) is 10.9. The minimum atomic E-state index is 0.661. The van der Waals surface area contributed by atoms with Gasteiger partial charge in [0.15, 0.2) is 0 Å². The van der Waals surface area contributed by atoms with E-state index < -0.39 is 0 Å². The monoisotopic (exact) mass is 216 g/mol. The molecule has 0 radical (unpaired) electrons. The van der Waals surface area contributed by atoms with Crippen molar-refractivity contribution in [2.75, 3.05) is 40.4 Å². The zero-order chi connectivity index (χ0) is 11.5. The standard InChI is InChI=1S/C12H28N2O/c1-5-8-13-11-12(6-2)14(3)9-7-10-15-4/h12-13H,5-11H2,1-4H3. The molecule has 1 atom stereocenters. The van der Waals surface area contributed by atoms with Crippen LogP contribution in [0.4, 0.5) is 0 Å². The van der Waals surface area contributed by atoms with Gasteiger partial charge in [-0.3, -0.25) is 0 Å². The van der Waals surface area contributed by atoms with E-state index in [1.54, 1.807) is 7.11 Å². The first-order valence-electron chi connectivity index (χ1n) is 6.16. The van der Waals surface area contributed by atoms with Crippen LogP contribution in [0, 0.1) is 0 Å². The van der Waals surface area contributed by atoms with E-state index in [1.165, 1.54) is 12.8 Å². The summed E-state index contributed by atoms with van der Waals surface area (Å²) in [6.07, 6.45) is 3.54. The Labute approximate surface area is 95.2 Å². The highest BCUT2D eigenvalue weighted by Gasteiger charge is 2.11. The molecule has 0 aliphatic carbocycles. The third-order valence-electron chi connectivity index (χ3n) is 2.76. The Balaban J connectivity index is 3.62. The fourth-order valence-electron chi connectivity index (χ4n) is 1.70. The maximum absolute atomic E-state index is 5.06. The second-order valence-corrected chi connectivity index (χ2v) is 4.09. The van der Waals surface area contributed by atoms with Gasteiger partial charge in [0, 0.05) is 32.8 Å². The third kappa shape index (κ3) is 7.77. The Kier molecular flexibility index (Phi) is 10.3. The molecular formula is C12H28N2O. The van der Waals surface area contributed by atoms with Crippen molar-refractivity contribution in [1.82, 2.24) is 10.2 Å². The van der Waals surface area contributed by atoms with Gasteiger partial charge >= 0.3 is 0 Å². The van der Waals surface area contributed by atoms with E-state index in [9.17, 15) is 0 Å². The van der Waals surface area contributed by atoms with Crippen molar-refractivity contribution in [3.63, 3.8) is 0 Å². The minimum Gasteiger partial charge on any atom is -0.385 e. The van der Waals surface area contributed by atoms with Crippen molar-refractivity contribution in [3.8, 4) is 0 Å². The number of hydrogen-bond acceptors (Lipinski definition) is 3. The van der Waals surface area contributed by atoms with E-state index in [-0.39, 0.29) is 0 Å². The predicted octanol–water partition coefficient (Wildman–Crippen LogP) is 1.73. The van der Waals surface area contributed by atoms with Gasteiger partial charge in [-0.15, -0.1) is 0 Å². The molecule has 0 spiro atoms. The largest absolute Gasteiger partial charge is 0.385 e. The summed E-state index contributed by atoms with van der Waals surface area (Å²) in [4.78, 5) is 2.43. The van der Waals surface area contributed by atoms with Crippen LogP contribution in [0.2, 0.25) is 0 Å². The number of nitrogens with zero attached hydrogens (tertiary/aromatic N) is 1. The molecule has 0 fully saturated rings. The van der Waals surface area contributed by atoms with Crippen molar-refractivity contribution in [1.29, 1.82) is 0 Å². The molecule has 0 aliphatic heterocycles. The number of methoxy groups -OCH3 is 1. The summed E-state index contributed by atoms with van der Waals surface area (Å²) in [7, 11) is 3.97. The van der Waals surface area contributed by atoms with Crippen LogP contribution < -0.4 is 5.32 Å². The van der Waals surface area contributed by atoms with Crippen LogP contribution in [-0.4, -0.2) is 51.3 Å². The van der Waals surface area contributed by atoms with Crippen LogP contribution >= 0.6 is 0 Å². The molecule has 0 aliphatic rings. The molecule has 1 unspecified atom stereocenters. The first kappa shape index (κ1) is 14.9. The number of ether oxygens (including phenoxy) is 1. The SMILES string of the molecule is CCCNCC(CC)N(C)CCCOC. The molecule has 0 saturated heterocycles. The van der Waals surface area contributed by atoms with E-state index >= 15 is 0 Å². The van der Waals surface area contributed by atoms with Gasteiger partial charge in [0.2, 0.25) is 0 Å². The topological polar surface area (TPSA) is 24.5 Å². The Bertz CT molecular complexity index is 131. The molecule has 15 heavy (non-hydrogen) atoms. The van der Waals surface area contributed by atoms with E-state index in [0.29, 0.717) is 6.04 Å². The summed E-state index contributed by atoms with van der Waals surface area (Å²) < 4.78 is 5.06. The van der Waals surface area contributed by atoms with Crippen molar-refractivity contribution < 1.29 is 4.74 Å². The van der Waals surface area contributed by atoms with Crippen molar-refractivity contribution in [2.24, 2.45) is 0 Å². The van der Waals surface area contributed by atoms with Crippen molar-refractivity contribution >= 4 is 0 Å². The first-order chi connectivity index (χ1) is 7.26. The van der Waals surface area contributed by atoms with Gasteiger partial charge in [0.1, 0.15) is 0 Å². The maximum Gasteiger partial charge on any atom is 0.0474 e. The van der Waals surface area contributed by atoms with Crippen molar-refractivity contribution in [2.45, 2.75) is 39.2 Å². The molecule has 0 heterocycles. The van der Waals surface area contributed by atoms with Gasteiger partial charge in [-0.25, -0.2) is 0 Å². The molecule has 92 valence electrons. The molecule has 0 aromatic rings. The van der Waals surface area contributed by atoms with E-state index in [4.69, 9.17) is 4.74 Å². The number of rotatable bonds is 10. The lowest BCUT2D eigenvalue weighted by molar-refractivity contribution is 0.162. The summed E-state index contributed by atoms with van der Waals surface area (Å²) in [5.74, 6) is 0. The van der Waals surface area contributed by atoms with E-state index in [2.05, 4.69) is 31.1 Å². The van der Waals surface area contributed by atoms with Gasteiger partial charge in [0.25, 0.3) is 0 Å². The molecular weight excluding hydrogens is 188 g/mol. The summed E-state index contributed by atoms with van der Waals surface area (Å²) in [5.41, 5.74) is 0. The minimum absolute atomic E-state index is 0.661. The Hall–Kier alpha value is -0.120. The molecule has 0 rings (SSSR count). The molecule has 3 heteroatoms. The lowest BCUT2D eigenvalue weighted by Crippen LogP contribution is -2.40. The van der Waals surface area contributed by atoms with Gasteiger partial charge < -0.3 is 15.0 Å². The second kappa shape index (κ2) is 10.4. The lowest BCUT2D eigenvalue weighted by Gasteiger charge is -2.27. The van der Waals surface area contributed by atoms with Crippen LogP contribution in [-0.2, 0) is 4.74 Å². The third-order valence-corrected chi connectivity index (χ3v) is 2.76. The van der Waals surface area contributed by atoms with Gasteiger partial charge in [-0.1, -0.05) is 13.8 Å². The second-order valence-electron chi connectivity index (χ2n) is 4.09. The maximum atomic E-state index is 5.06. The highest BCUT2D eigenvalue weighted by atomic mass is 16.5. The zero-order valence-electron chi connectivity index (χ0n) is 10.9. The predicted molar refractivity (Wildman–Crippen MR) is 66.4 cm³/mol. The van der Waals surface area contributed by atoms with Crippen LogP contribution in [0.3, 0.4) is 0 Å². The van der Waals surface area contributed by atoms with Crippen LogP contribution in [0.5, 0.6) is 0 Å². The van der Waals surface area contributed by atoms with Crippen LogP contribution in [0.1, 0.15) is 33.1 Å². The fraction of sp³-hybridized carbons (Fsp3) is 1.00. The normalized spacial score (nSPS) is 13.4. The van der Waals surface area contributed by atoms with Gasteiger partial charge in [-0.2, -0.15) is 0 Å². The smallest absolute Gasteiger partial charge is 0.0474 e.